The molecular formula is C26H32N6O2. The van der Waals surface area contributed by atoms with Gasteiger partial charge in [-0.1, -0.05) is 42.2 Å². The van der Waals surface area contributed by atoms with E-state index in [4.69, 9.17) is 11.5 Å². The molecule has 3 atom stereocenters. The lowest BCUT2D eigenvalue weighted by molar-refractivity contribution is -0.132. The summed E-state index contributed by atoms with van der Waals surface area (Å²) >= 11 is 0. The van der Waals surface area contributed by atoms with E-state index in [0.717, 1.165) is 37.7 Å². The van der Waals surface area contributed by atoms with Crippen LogP contribution in [0.25, 0.3) is 0 Å². The Morgan fingerprint density at radius 3 is 2.24 bits per heavy atom. The number of amides is 2. The Bertz CT molecular complexity index is 1030. The van der Waals surface area contributed by atoms with E-state index in [2.05, 4.69) is 21.8 Å². The molecule has 0 spiro atoms. The van der Waals surface area contributed by atoms with Gasteiger partial charge >= 0.3 is 0 Å². The van der Waals surface area contributed by atoms with Crippen LogP contribution in [0.1, 0.15) is 44.1 Å². The number of hydrogen-bond donors (Lipinski definition) is 2. The summed E-state index contributed by atoms with van der Waals surface area (Å²) in [6, 6.07) is 9.42. The Labute approximate surface area is 201 Å². The van der Waals surface area contributed by atoms with Crippen LogP contribution >= 0.6 is 0 Å². The summed E-state index contributed by atoms with van der Waals surface area (Å²) in [6.07, 6.45) is 10.5. The van der Waals surface area contributed by atoms with E-state index < -0.39 is 0 Å². The molecule has 1 aromatic rings. The normalized spacial score (nSPS) is 22.3. The molecule has 0 bridgehead atoms. The number of aliphatic imine (C=N–C) groups is 2. The minimum absolute atomic E-state index is 0.0643. The lowest BCUT2D eigenvalue weighted by atomic mass is 9.99. The molecule has 2 heterocycles. The fourth-order valence-corrected chi connectivity index (χ4v) is 4.29. The van der Waals surface area contributed by atoms with Gasteiger partial charge < -0.3 is 21.3 Å². The molecule has 1 aromatic carbocycles. The van der Waals surface area contributed by atoms with Crippen molar-refractivity contribution in [2.24, 2.45) is 21.5 Å². The van der Waals surface area contributed by atoms with Gasteiger partial charge in [0.15, 0.2) is 0 Å². The van der Waals surface area contributed by atoms with Gasteiger partial charge in [-0.2, -0.15) is 0 Å². The number of carbonyl (C=O) groups excluding carboxylic acids is 2. The molecule has 4 N–H and O–H groups in total. The highest BCUT2D eigenvalue weighted by Gasteiger charge is 2.34. The van der Waals surface area contributed by atoms with Crippen molar-refractivity contribution in [2.45, 2.75) is 50.6 Å². The van der Waals surface area contributed by atoms with Gasteiger partial charge in [0.1, 0.15) is 11.7 Å². The molecule has 0 aromatic heterocycles. The van der Waals surface area contributed by atoms with Gasteiger partial charge in [-0.15, -0.1) is 0 Å². The van der Waals surface area contributed by atoms with Crippen molar-refractivity contribution in [1.29, 1.82) is 0 Å². The molecule has 2 amide bonds. The van der Waals surface area contributed by atoms with Crippen LogP contribution in [0.5, 0.6) is 0 Å². The first kappa shape index (κ1) is 24.8. The summed E-state index contributed by atoms with van der Waals surface area (Å²) in [6.45, 7) is 3.31. The number of carbonyl (C=O) groups is 2. The second-order valence-electron chi connectivity index (χ2n) is 8.35. The van der Waals surface area contributed by atoms with Crippen molar-refractivity contribution in [1.82, 2.24) is 9.80 Å². The SMILES string of the molecule is C[C@@H](C(=O)N1CCC[C@H]1C(N)=N/C=C/C#C/C=C/N=C(N)[C@@H]1CCCN1C=O)c1ccccc1. The van der Waals surface area contributed by atoms with E-state index in [-0.39, 0.29) is 23.9 Å². The zero-order valence-electron chi connectivity index (χ0n) is 19.5. The molecule has 0 saturated carbocycles. The summed E-state index contributed by atoms with van der Waals surface area (Å²) in [5.41, 5.74) is 13.2. The molecule has 8 nitrogen and oxygen atoms in total. The lowest BCUT2D eigenvalue weighted by Crippen LogP contribution is -2.45. The Morgan fingerprint density at radius 2 is 1.59 bits per heavy atom. The van der Waals surface area contributed by atoms with Crippen LogP contribution in [0.15, 0.2) is 64.9 Å². The van der Waals surface area contributed by atoms with Crippen molar-refractivity contribution in [2.75, 3.05) is 13.1 Å². The van der Waals surface area contributed by atoms with Crippen LogP contribution in [0.4, 0.5) is 0 Å². The molecule has 2 fully saturated rings. The first-order valence-corrected chi connectivity index (χ1v) is 11.6. The topological polar surface area (TPSA) is 117 Å². The fourth-order valence-electron chi connectivity index (χ4n) is 4.29. The quantitative estimate of drug-likeness (QED) is 0.281. The van der Waals surface area contributed by atoms with E-state index in [0.29, 0.717) is 24.8 Å². The average molecular weight is 461 g/mol. The number of hydrogen-bond acceptors (Lipinski definition) is 4. The minimum atomic E-state index is -0.227. The molecule has 34 heavy (non-hydrogen) atoms. The van der Waals surface area contributed by atoms with Crippen molar-refractivity contribution in [3.63, 3.8) is 0 Å². The zero-order chi connectivity index (χ0) is 24.3. The smallest absolute Gasteiger partial charge is 0.230 e. The van der Waals surface area contributed by atoms with Crippen LogP contribution in [-0.4, -0.2) is 59.0 Å². The summed E-state index contributed by atoms with van der Waals surface area (Å²) < 4.78 is 0. The number of likely N-dealkylation sites (tertiary alicyclic amines) is 2. The molecule has 8 heteroatoms. The Hall–Kier alpha value is -3.86. The lowest BCUT2D eigenvalue weighted by Gasteiger charge is -2.27. The van der Waals surface area contributed by atoms with Crippen LogP contribution in [-0.2, 0) is 9.59 Å². The average Bonchev–Trinajstić information content (AvgIpc) is 3.55. The first-order chi connectivity index (χ1) is 16.5. The third-order valence-corrected chi connectivity index (χ3v) is 6.16. The van der Waals surface area contributed by atoms with Crippen molar-refractivity contribution in [3.8, 4) is 11.8 Å². The van der Waals surface area contributed by atoms with Gasteiger partial charge in [0.05, 0.1) is 18.0 Å². The molecule has 0 radical (unpaired) electrons. The standard InChI is InChI=1S/C26H32N6O2/c1-20(21-11-5-4-6-12-21)26(34)32-18-10-14-23(32)25(28)30-16-8-3-2-7-15-29-24(27)22-13-9-17-31(22)19-33/h4-8,11-12,15-16,19-20,22-23H,9-10,13-14,17-18H2,1H3,(H2,27,29)(H2,28,30)/b15-7+,16-8+/t20-,22+,23+/m1/s1. The number of nitrogens with zero attached hydrogens (tertiary/aromatic N) is 4. The van der Waals surface area contributed by atoms with Crippen LogP contribution in [0.2, 0.25) is 0 Å². The largest absolute Gasteiger partial charge is 0.385 e. The zero-order valence-corrected chi connectivity index (χ0v) is 19.5. The maximum Gasteiger partial charge on any atom is 0.230 e. The van der Waals surface area contributed by atoms with E-state index in [9.17, 15) is 9.59 Å². The van der Waals surface area contributed by atoms with Gasteiger partial charge in [-0.25, -0.2) is 9.98 Å². The fraction of sp³-hybridized carbons (Fsp3) is 0.385. The number of nitrogens with two attached hydrogens (primary N) is 2. The van der Waals surface area contributed by atoms with Gasteiger partial charge in [0, 0.05) is 37.6 Å². The molecule has 0 unspecified atom stereocenters. The molecule has 2 aliphatic rings. The summed E-state index contributed by atoms with van der Waals surface area (Å²) in [5.74, 6) is 6.31. The molecule has 2 aliphatic heterocycles. The summed E-state index contributed by atoms with van der Waals surface area (Å²) in [7, 11) is 0. The van der Waals surface area contributed by atoms with E-state index in [1.807, 2.05) is 42.2 Å². The van der Waals surface area contributed by atoms with Crippen LogP contribution in [0.3, 0.4) is 0 Å². The molecule has 0 aliphatic carbocycles. The molecule has 3 rings (SSSR count). The molecule has 2 saturated heterocycles. The van der Waals surface area contributed by atoms with E-state index in [1.54, 1.807) is 17.1 Å². The maximum absolute atomic E-state index is 13.0. The van der Waals surface area contributed by atoms with Gasteiger partial charge in [-0.3, -0.25) is 9.59 Å². The second-order valence-corrected chi connectivity index (χ2v) is 8.35. The molecular weight excluding hydrogens is 428 g/mol. The van der Waals surface area contributed by atoms with Crippen molar-refractivity contribution >= 4 is 24.0 Å². The Balaban J connectivity index is 1.53. The monoisotopic (exact) mass is 460 g/mol. The number of amidine groups is 2. The third kappa shape index (κ3) is 6.35. The Morgan fingerprint density at radius 1 is 1.00 bits per heavy atom. The van der Waals surface area contributed by atoms with Crippen molar-refractivity contribution in [3.05, 3.63) is 60.4 Å². The van der Waals surface area contributed by atoms with E-state index in [1.165, 1.54) is 12.4 Å². The third-order valence-electron chi connectivity index (χ3n) is 6.16. The minimum Gasteiger partial charge on any atom is -0.385 e. The number of benzene rings is 1. The Kier molecular flexibility index (Phi) is 9.04. The van der Waals surface area contributed by atoms with Crippen LogP contribution in [0, 0.1) is 11.8 Å². The highest BCUT2D eigenvalue weighted by Crippen LogP contribution is 2.24. The summed E-state index contributed by atoms with van der Waals surface area (Å²) in [5, 5.41) is 0. The van der Waals surface area contributed by atoms with Crippen molar-refractivity contribution < 1.29 is 9.59 Å². The summed E-state index contributed by atoms with van der Waals surface area (Å²) in [4.78, 5) is 36.0. The van der Waals surface area contributed by atoms with Gasteiger partial charge in [0.25, 0.3) is 0 Å². The second kappa shape index (κ2) is 12.4. The predicted octanol–water partition coefficient (Wildman–Crippen LogP) is 2.15. The van der Waals surface area contributed by atoms with Gasteiger partial charge in [-0.05, 0) is 38.2 Å². The highest BCUT2D eigenvalue weighted by molar-refractivity contribution is 5.93. The van der Waals surface area contributed by atoms with E-state index >= 15 is 0 Å². The molecule has 178 valence electrons. The first-order valence-electron chi connectivity index (χ1n) is 11.6. The van der Waals surface area contributed by atoms with Crippen LogP contribution < -0.4 is 11.5 Å². The maximum atomic E-state index is 13.0. The van der Waals surface area contributed by atoms with Gasteiger partial charge in [0.2, 0.25) is 12.3 Å². The number of rotatable bonds is 7. The highest BCUT2D eigenvalue weighted by atomic mass is 16.2. The predicted molar refractivity (Wildman–Crippen MR) is 135 cm³/mol. The number of allylic oxidation sites excluding steroid dienone is 2.